The van der Waals surface area contributed by atoms with Gasteiger partial charge in [-0.3, -0.25) is 4.79 Å². The molecule has 0 aromatic carbocycles. The second kappa shape index (κ2) is 2.82. The van der Waals surface area contributed by atoms with Gasteiger partial charge in [0.15, 0.2) is 0 Å². The first-order chi connectivity index (χ1) is 4.72. The van der Waals surface area contributed by atoms with Crippen LogP contribution < -0.4 is 0 Å². The van der Waals surface area contributed by atoms with Gasteiger partial charge < -0.3 is 5.21 Å². The normalized spacial score (nSPS) is 31.1. The summed E-state index contributed by atoms with van der Waals surface area (Å²) in [5.74, 6) is 0.540. The lowest BCUT2D eigenvalue weighted by Crippen LogP contribution is -2.20. The highest BCUT2D eigenvalue weighted by Crippen LogP contribution is 2.18. The van der Waals surface area contributed by atoms with Gasteiger partial charge in [-0.1, -0.05) is 12.1 Å². The van der Waals surface area contributed by atoms with Crippen LogP contribution in [0.4, 0.5) is 0 Å². The van der Waals surface area contributed by atoms with Gasteiger partial charge in [-0.15, -0.1) is 0 Å². The standard InChI is InChI=1S/C7H11NO2/c1-5-2-6(8-10)4-7(9)3-5/h5,10H,2-4H2,1H3/b8-6+. The molecule has 1 aliphatic rings. The highest BCUT2D eigenvalue weighted by molar-refractivity contribution is 6.03. The van der Waals surface area contributed by atoms with Crippen LogP contribution in [0, 0.1) is 5.92 Å². The molecule has 1 atom stereocenters. The van der Waals surface area contributed by atoms with Gasteiger partial charge in [-0.05, 0) is 12.3 Å². The van der Waals surface area contributed by atoms with Crippen molar-refractivity contribution in [3.63, 3.8) is 0 Å². The molecule has 1 fully saturated rings. The summed E-state index contributed by atoms with van der Waals surface area (Å²) < 4.78 is 0. The fourth-order valence-electron chi connectivity index (χ4n) is 1.31. The van der Waals surface area contributed by atoms with Crippen molar-refractivity contribution < 1.29 is 10.0 Å². The molecule has 0 amide bonds. The molecule has 0 spiro atoms. The Morgan fingerprint density at radius 2 is 2.30 bits per heavy atom. The van der Waals surface area contributed by atoms with E-state index in [1.165, 1.54) is 0 Å². The van der Waals surface area contributed by atoms with Crippen molar-refractivity contribution in [1.29, 1.82) is 0 Å². The molecular formula is C7H11NO2. The zero-order valence-electron chi connectivity index (χ0n) is 6.00. The summed E-state index contributed by atoms with van der Waals surface area (Å²) >= 11 is 0. The zero-order chi connectivity index (χ0) is 7.56. The maximum Gasteiger partial charge on any atom is 0.138 e. The predicted octanol–water partition coefficient (Wildman–Crippen LogP) is 1.21. The van der Waals surface area contributed by atoms with E-state index < -0.39 is 0 Å². The fraction of sp³-hybridized carbons (Fsp3) is 0.714. The van der Waals surface area contributed by atoms with E-state index in [2.05, 4.69) is 5.16 Å². The van der Waals surface area contributed by atoms with Crippen molar-refractivity contribution in [1.82, 2.24) is 0 Å². The molecule has 0 saturated heterocycles. The van der Waals surface area contributed by atoms with Gasteiger partial charge in [0.05, 0.1) is 5.71 Å². The number of carbonyl (C=O) groups excluding carboxylic acids is 1. The Labute approximate surface area is 59.7 Å². The monoisotopic (exact) mass is 141 g/mol. The second-order valence-electron chi connectivity index (χ2n) is 2.90. The van der Waals surface area contributed by atoms with E-state index >= 15 is 0 Å². The maximum absolute atomic E-state index is 10.9. The quantitative estimate of drug-likeness (QED) is 0.407. The van der Waals surface area contributed by atoms with Crippen molar-refractivity contribution in [3.8, 4) is 0 Å². The maximum atomic E-state index is 10.9. The summed E-state index contributed by atoms with van der Waals surface area (Å²) in [7, 11) is 0. The van der Waals surface area contributed by atoms with Gasteiger partial charge >= 0.3 is 0 Å². The summed E-state index contributed by atoms with van der Waals surface area (Å²) in [6.45, 7) is 1.99. The van der Waals surface area contributed by atoms with E-state index in [-0.39, 0.29) is 5.78 Å². The van der Waals surface area contributed by atoms with Crippen LogP contribution in [-0.2, 0) is 4.79 Å². The topological polar surface area (TPSA) is 49.7 Å². The number of hydrogen-bond acceptors (Lipinski definition) is 3. The molecular weight excluding hydrogens is 130 g/mol. The van der Waals surface area contributed by atoms with Crippen LogP contribution in [0.25, 0.3) is 0 Å². The largest absolute Gasteiger partial charge is 0.411 e. The van der Waals surface area contributed by atoms with Gasteiger partial charge in [0, 0.05) is 12.8 Å². The summed E-state index contributed by atoms with van der Waals surface area (Å²) in [6, 6.07) is 0. The average molecular weight is 141 g/mol. The van der Waals surface area contributed by atoms with E-state index in [0.29, 0.717) is 24.5 Å². The summed E-state index contributed by atoms with van der Waals surface area (Å²) in [5, 5.41) is 11.4. The first-order valence-corrected chi connectivity index (χ1v) is 3.44. The number of oxime groups is 1. The summed E-state index contributed by atoms with van der Waals surface area (Å²) in [6.07, 6.45) is 1.75. The fourth-order valence-corrected chi connectivity index (χ4v) is 1.31. The zero-order valence-corrected chi connectivity index (χ0v) is 6.00. The molecule has 3 nitrogen and oxygen atoms in total. The van der Waals surface area contributed by atoms with E-state index in [1.54, 1.807) is 0 Å². The van der Waals surface area contributed by atoms with E-state index in [0.717, 1.165) is 6.42 Å². The molecule has 1 aliphatic carbocycles. The van der Waals surface area contributed by atoms with Crippen molar-refractivity contribution in [2.45, 2.75) is 26.2 Å². The Morgan fingerprint density at radius 3 is 2.80 bits per heavy atom. The molecule has 3 heteroatoms. The Bertz CT molecular complexity index is 174. The highest BCUT2D eigenvalue weighted by atomic mass is 16.4. The molecule has 0 aliphatic heterocycles. The van der Waals surface area contributed by atoms with Crippen LogP contribution in [0.2, 0.25) is 0 Å². The third-order valence-electron chi connectivity index (χ3n) is 1.70. The third kappa shape index (κ3) is 1.56. The van der Waals surface area contributed by atoms with Crippen LogP contribution in [0.5, 0.6) is 0 Å². The first kappa shape index (κ1) is 7.25. The summed E-state index contributed by atoms with van der Waals surface area (Å²) in [5.41, 5.74) is 0.628. The van der Waals surface area contributed by atoms with Gasteiger partial charge in [0.1, 0.15) is 5.78 Å². The van der Waals surface area contributed by atoms with Crippen molar-refractivity contribution in [2.24, 2.45) is 11.1 Å². The molecule has 0 aromatic heterocycles. The minimum atomic E-state index is 0.187. The smallest absolute Gasteiger partial charge is 0.138 e. The number of carbonyl (C=O) groups is 1. The molecule has 0 aromatic rings. The molecule has 1 unspecified atom stereocenters. The molecule has 10 heavy (non-hydrogen) atoms. The predicted molar refractivity (Wildman–Crippen MR) is 37.2 cm³/mol. The lowest BCUT2D eigenvalue weighted by Gasteiger charge is -2.16. The molecule has 56 valence electrons. The molecule has 1 rings (SSSR count). The molecule has 0 radical (unpaired) electrons. The molecule has 0 bridgehead atoms. The Kier molecular flexibility index (Phi) is 2.04. The van der Waals surface area contributed by atoms with Gasteiger partial charge in [0.2, 0.25) is 0 Å². The Balaban J connectivity index is 2.59. The minimum Gasteiger partial charge on any atom is -0.411 e. The third-order valence-corrected chi connectivity index (χ3v) is 1.70. The van der Waals surface area contributed by atoms with Gasteiger partial charge in [-0.25, -0.2) is 0 Å². The highest BCUT2D eigenvalue weighted by Gasteiger charge is 2.20. The average Bonchev–Trinajstić information content (AvgIpc) is 1.85. The van der Waals surface area contributed by atoms with Crippen molar-refractivity contribution >= 4 is 11.5 Å². The van der Waals surface area contributed by atoms with Gasteiger partial charge in [0.25, 0.3) is 0 Å². The summed E-state index contributed by atoms with van der Waals surface area (Å²) in [4.78, 5) is 10.9. The number of nitrogens with zero attached hydrogens (tertiary/aromatic N) is 1. The van der Waals surface area contributed by atoms with Crippen molar-refractivity contribution in [3.05, 3.63) is 0 Å². The minimum absolute atomic E-state index is 0.187. The first-order valence-electron chi connectivity index (χ1n) is 3.44. The molecule has 1 N–H and O–H groups in total. The van der Waals surface area contributed by atoms with Gasteiger partial charge in [-0.2, -0.15) is 0 Å². The van der Waals surface area contributed by atoms with Crippen LogP contribution in [0.3, 0.4) is 0 Å². The number of ketones is 1. The van der Waals surface area contributed by atoms with Crippen LogP contribution in [0.15, 0.2) is 5.16 Å². The Hall–Kier alpha value is -0.860. The van der Waals surface area contributed by atoms with Crippen LogP contribution in [-0.4, -0.2) is 16.7 Å². The van der Waals surface area contributed by atoms with Crippen molar-refractivity contribution in [2.75, 3.05) is 0 Å². The molecule has 0 heterocycles. The number of rotatable bonds is 0. The van der Waals surface area contributed by atoms with E-state index in [9.17, 15) is 4.79 Å². The SMILES string of the molecule is CC1CC(=O)C/C(=N/O)C1. The van der Waals surface area contributed by atoms with E-state index in [1.807, 2.05) is 6.92 Å². The number of Topliss-reactive ketones (excluding diaryl/α,β-unsaturated/α-hetero) is 1. The lowest BCUT2D eigenvalue weighted by molar-refractivity contribution is -0.119. The molecule has 1 saturated carbocycles. The van der Waals surface area contributed by atoms with Crippen LogP contribution in [0.1, 0.15) is 26.2 Å². The van der Waals surface area contributed by atoms with E-state index in [4.69, 9.17) is 5.21 Å². The lowest BCUT2D eigenvalue weighted by atomic mass is 9.88. The number of hydrogen-bond donors (Lipinski definition) is 1. The Morgan fingerprint density at radius 1 is 1.60 bits per heavy atom. The van der Waals surface area contributed by atoms with Crippen LogP contribution >= 0.6 is 0 Å². The second-order valence-corrected chi connectivity index (χ2v) is 2.90.